The molecular weight excluding hydrogens is 582 g/mol. The van der Waals surface area contributed by atoms with Crippen LogP contribution in [-0.4, -0.2) is 91.0 Å². The molecule has 0 aromatic carbocycles. The van der Waals surface area contributed by atoms with Crippen LogP contribution in [0.3, 0.4) is 0 Å². The maximum absolute atomic E-state index is 11.4. The zero-order valence-electron chi connectivity index (χ0n) is 32.5. The molecule has 278 valence electrons. The van der Waals surface area contributed by atoms with Gasteiger partial charge in [0.2, 0.25) is 0 Å². The Bertz CT molecular complexity index is 713. The Morgan fingerprint density at radius 1 is 0.891 bits per heavy atom. The van der Waals surface area contributed by atoms with Gasteiger partial charge in [-0.3, -0.25) is 4.90 Å². The minimum absolute atomic E-state index is 0.00730. The van der Waals surface area contributed by atoms with E-state index in [4.69, 9.17) is 9.47 Å². The third-order valence-electron chi connectivity index (χ3n) is 9.71. The number of likely N-dealkylation sites (tertiary alicyclic amines) is 1. The first-order valence-corrected chi connectivity index (χ1v) is 18.7. The van der Waals surface area contributed by atoms with Crippen molar-refractivity contribution in [3.63, 3.8) is 0 Å². The first-order chi connectivity index (χ1) is 21.8. The van der Waals surface area contributed by atoms with E-state index >= 15 is 0 Å². The molecule has 0 spiro atoms. The maximum atomic E-state index is 11.4. The Labute approximate surface area is 285 Å². The van der Waals surface area contributed by atoms with Gasteiger partial charge in [-0.1, -0.05) is 88.0 Å². The highest BCUT2D eigenvalue weighted by molar-refractivity contribution is 5.66. The molecule has 9 nitrogen and oxygen atoms in total. The molecule has 2 rings (SSSR count). The lowest BCUT2D eigenvalue weighted by atomic mass is 9.67. The number of unbranched alkanes of at least 4 members (excludes halogenated alkanes) is 1. The van der Waals surface area contributed by atoms with Crippen LogP contribution in [0.4, 0.5) is 4.79 Å². The van der Waals surface area contributed by atoms with E-state index in [9.17, 15) is 15.0 Å². The number of aliphatic hydroxyl groups excluding tert-OH is 2. The van der Waals surface area contributed by atoms with Crippen LogP contribution in [0.5, 0.6) is 0 Å². The zero-order chi connectivity index (χ0) is 35.8. The van der Waals surface area contributed by atoms with Gasteiger partial charge >= 0.3 is 6.09 Å². The monoisotopic (exact) mass is 662 g/mol. The third-order valence-corrected chi connectivity index (χ3v) is 9.71. The van der Waals surface area contributed by atoms with Crippen LogP contribution in [-0.2, 0) is 14.3 Å². The van der Waals surface area contributed by atoms with Crippen molar-refractivity contribution in [3.05, 3.63) is 0 Å². The number of aliphatic hydroxyl groups is 2. The normalized spacial score (nSPS) is 26.3. The SMILES string of the molecule is CC.CCCC.CCCC(C)OCN1C[C@H](C)CC[C@H]1C(C)C(O)C(O)C(C)[C@@H]1CC[C@@H](C)CC1COCC.CN(C)C(=O)ON. The third kappa shape index (κ3) is 18.5. The Balaban J connectivity index is 0. The van der Waals surface area contributed by atoms with Crippen LogP contribution in [0, 0.1) is 35.5 Å². The number of hydrogen-bond acceptors (Lipinski definition) is 8. The number of amides is 1. The zero-order valence-corrected chi connectivity index (χ0v) is 32.5. The predicted molar refractivity (Wildman–Crippen MR) is 192 cm³/mol. The molecule has 4 N–H and O–H groups in total. The Morgan fingerprint density at radius 2 is 1.46 bits per heavy atom. The van der Waals surface area contributed by atoms with Gasteiger partial charge in [0.25, 0.3) is 0 Å². The van der Waals surface area contributed by atoms with Crippen LogP contribution in [0.1, 0.15) is 134 Å². The van der Waals surface area contributed by atoms with Crippen molar-refractivity contribution in [2.75, 3.05) is 40.6 Å². The molecule has 1 amide bonds. The molecule has 1 saturated heterocycles. The molecular formula is C37H79N3O6. The molecule has 0 radical (unpaired) electrons. The van der Waals surface area contributed by atoms with Crippen molar-refractivity contribution in [1.82, 2.24) is 9.80 Å². The summed E-state index contributed by atoms with van der Waals surface area (Å²) in [5, 5.41) is 22.7. The van der Waals surface area contributed by atoms with Crippen molar-refractivity contribution in [3.8, 4) is 0 Å². The summed E-state index contributed by atoms with van der Waals surface area (Å²) in [5.41, 5.74) is 0. The summed E-state index contributed by atoms with van der Waals surface area (Å²) in [7, 11) is 3.10. The highest BCUT2D eigenvalue weighted by atomic mass is 16.7. The number of nitrogens with zero attached hydrogens (tertiary/aromatic N) is 2. The van der Waals surface area contributed by atoms with Gasteiger partial charge in [0.15, 0.2) is 0 Å². The number of hydrogen-bond donors (Lipinski definition) is 3. The number of nitrogens with two attached hydrogens (primary N) is 1. The fourth-order valence-electron chi connectivity index (χ4n) is 6.61. The van der Waals surface area contributed by atoms with Crippen molar-refractivity contribution < 1.29 is 29.3 Å². The van der Waals surface area contributed by atoms with E-state index < -0.39 is 18.3 Å². The van der Waals surface area contributed by atoms with E-state index in [0.29, 0.717) is 30.4 Å². The average Bonchev–Trinajstić information content (AvgIpc) is 3.06. The fourth-order valence-corrected chi connectivity index (χ4v) is 6.61. The fraction of sp³-hybridized carbons (Fsp3) is 0.973. The molecule has 1 aliphatic carbocycles. The maximum Gasteiger partial charge on any atom is 0.427 e. The van der Waals surface area contributed by atoms with Gasteiger partial charge in [-0.15, -0.1) is 0 Å². The Morgan fingerprint density at radius 3 is 1.93 bits per heavy atom. The largest absolute Gasteiger partial charge is 0.427 e. The van der Waals surface area contributed by atoms with Gasteiger partial charge in [-0.2, -0.15) is 5.90 Å². The Hall–Kier alpha value is -0.970. The number of ether oxygens (including phenoxy) is 2. The number of rotatable bonds is 14. The second-order valence-electron chi connectivity index (χ2n) is 13.9. The number of piperidine rings is 1. The van der Waals surface area contributed by atoms with Gasteiger partial charge < -0.3 is 29.4 Å². The lowest BCUT2D eigenvalue weighted by Crippen LogP contribution is -2.53. The predicted octanol–water partition coefficient (Wildman–Crippen LogP) is 7.72. The molecule has 1 saturated carbocycles. The molecule has 9 heteroatoms. The molecule has 1 heterocycles. The van der Waals surface area contributed by atoms with Gasteiger partial charge in [-0.25, -0.2) is 4.79 Å². The first-order valence-electron chi connectivity index (χ1n) is 18.7. The highest BCUT2D eigenvalue weighted by Crippen LogP contribution is 2.41. The van der Waals surface area contributed by atoms with Crippen LogP contribution in [0.25, 0.3) is 0 Å². The molecule has 1 aliphatic heterocycles. The summed E-state index contributed by atoms with van der Waals surface area (Å²) >= 11 is 0. The van der Waals surface area contributed by atoms with Crippen LogP contribution in [0.2, 0.25) is 0 Å². The molecule has 0 aromatic heterocycles. The quantitative estimate of drug-likeness (QED) is 0.162. The van der Waals surface area contributed by atoms with Gasteiger partial charge in [0, 0.05) is 45.8 Å². The van der Waals surface area contributed by atoms with Crippen LogP contribution < -0.4 is 5.90 Å². The smallest absolute Gasteiger partial charge is 0.390 e. The lowest BCUT2D eigenvalue weighted by molar-refractivity contribution is -0.112. The van der Waals surface area contributed by atoms with Gasteiger partial charge in [0.1, 0.15) is 0 Å². The second kappa shape index (κ2) is 27.9. The topological polar surface area (TPSA) is 118 Å². The summed E-state index contributed by atoms with van der Waals surface area (Å²) in [4.78, 5) is 17.5. The van der Waals surface area contributed by atoms with Crippen LogP contribution in [0.15, 0.2) is 0 Å². The molecule has 6 unspecified atom stereocenters. The van der Waals surface area contributed by atoms with E-state index in [-0.39, 0.29) is 24.0 Å². The minimum Gasteiger partial charge on any atom is -0.390 e. The van der Waals surface area contributed by atoms with E-state index in [2.05, 4.69) is 77.9 Å². The van der Waals surface area contributed by atoms with E-state index in [1.54, 1.807) is 14.1 Å². The standard InChI is InChI=1S/C28H55NO4.C4H10.C3H8N2O2.C2H6/c1-8-10-21(5)33-18-29-16-20(4)12-14-26(29)23(7)28(31)27(30)22(6)25-13-11-19(3)15-24(25)17-32-9-2;1-3-4-2;1-5(2)3(6)7-4;1-2/h19-28,30-31H,8-18H2,1-7H3;3-4H2,1-2H3;4H2,1-2H3;1-2H3/t19-,20-,21?,22?,23?,24?,25+,26+,27?,28?;;;/m1.../s1. The van der Waals surface area contributed by atoms with Crippen LogP contribution >= 0.6 is 0 Å². The molecule has 10 atom stereocenters. The summed E-state index contributed by atoms with van der Waals surface area (Å²) in [5.74, 6) is 6.79. The van der Waals surface area contributed by atoms with Crippen molar-refractivity contribution >= 4 is 6.09 Å². The lowest BCUT2D eigenvalue weighted by Gasteiger charge is -2.45. The second-order valence-corrected chi connectivity index (χ2v) is 13.9. The first kappa shape index (κ1) is 47.1. The van der Waals surface area contributed by atoms with E-state index in [1.807, 2.05) is 13.8 Å². The van der Waals surface area contributed by atoms with E-state index in [1.165, 1.54) is 30.6 Å². The summed E-state index contributed by atoms with van der Waals surface area (Å²) < 4.78 is 12.0. The summed E-state index contributed by atoms with van der Waals surface area (Å²) in [6.07, 6.45) is 8.85. The number of carbonyl (C=O) groups is 1. The highest BCUT2D eigenvalue weighted by Gasteiger charge is 2.41. The molecule has 2 aliphatic rings. The van der Waals surface area contributed by atoms with Crippen molar-refractivity contribution in [1.29, 1.82) is 0 Å². The summed E-state index contributed by atoms with van der Waals surface area (Å²) in [6, 6.07) is 0.248. The van der Waals surface area contributed by atoms with Crippen molar-refractivity contribution in [2.45, 2.75) is 158 Å². The van der Waals surface area contributed by atoms with E-state index in [0.717, 1.165) is 51.9 Å². The van der Waals surface area contributed by atoms with Gasteiger partial charge in [-0.05, 0) is 75.5 Å². The van der Waals surface area contributed by atoms with Crippen molar-refractivity contribution in [2.24, 2.45) is 41.4 Å². The Kier molecular flexibility index (Phi) is 28.6. The average molecular weight is 662 g/mol. The molecule has 0 bridgehead atoms. The molecule has 46 heavy (non-hydrogen) atoms. The molecule has 2 fully saturated rings. The summed E-state index contributed by atoms with van der Waals surface area (Å²) in [6.45, 7) is 26.8. The minimum atomic E-state index is -0.721. The molecule has 0 aromatic rings. The van der Waals surface area contributed by atoms with Gasteiger partial charge in [0.05, 0.1) is 25.0 Å². The number of carbonyl (C=O) groups excluding carboxylic acids is 1.